The van der Waals surface area contributed by atoms with Crippen LogP contribution in [0.4, 0.5) is 5.69 Å². The summed E-state index contributed by atoms with van der Waals surface area (Å²) >= 11 is 0. The molecule has 0 spiro atoms. The lowest BCUT2D eigenvalue weighted by atomic mass is 10.1. The Bertz CT molecular complexity index is 368. The van der Waals surface area contributed by atoms with E-state index in [0.717, 1.165) is 11.3 Å². The standard InChI is InChI=1S/C12H16N2O/c1-9-6-11(7-13)4-5-12(9)14-10(2)8-15-3/h4-6,10,14H,8H2,1-3H3. The van der Waals surface area contributed by atoms with Gasteiger partial charge in [-0.2, -0.15) is 5.26 Å². The highest BCUT2D eigenvalue weighted by molar-refractivity contribution is 5.54. The number of aryl methyl sites for hydroxylation is 1. The molecule has 0 aromatic heterocycles. The third-order valence-corrected chi connectivity index (χ3v) is 2.17. The van der Waals surface area contributed by atoms with Crippen molar-refractivity contribution < 1.29 is 4.74 Å². The highest BCUT2D eigenvalue weighted by atomic mass is 16.5. The number of nitriles is 1. The molecule has 0 aliphatic heterocycles. The fraction of sp³-hybridized carbons (Fsp3) is 0.417. The van der Waals surface area contributed by atoms with Crippen LogP contribution >= 0.6 is 0 Å². The molecule has 3 heteroatoms. The first-order valence-corrected chi connectivity index (χ1v) is 4.93. The number of methoxy groups -OCH3 is 1. The number of anilines is 1. The Morgan fingerprint density at radius 3 is 2.80 bits per heavy atom. The molecule has 0 aliphatic carbocycles. The van der Waals surface area contributed by atoms with Crippen molar-refractivity contribution in [2.75, 3.05) is 19.0 Å². The maximum absolute atomic E-state index is 8.73. The first kappa shape index (κ1) is 11.5. The SMILES string of the molecule is COCC(C)Nc1ccc(C#N)cc1C. The van der Waals surface area contributed by atoms with Crippen molar-refractivity contribution in [3.63, 3.8) is 0 Å². The van der Waals surface area contributed by atoms with E-state index in [1.165, 1.54) is 0 Å². The Morgan fingerprint density at radius 1 is 1.53 bits per heavy atom. The van der Waals surface area contributed by atoms with Gasteiger partial charge in [0.1, 0.15) is 0 Å². The third-order valence-electron chi connectivity index (χ3n) is 2.17. The topological polar surface area (TPSA) is 45.0 Å². The van der Waals surface area contributed by atoms with Crippen LogP contribution in [-0.2, 0) is 4.74 Å². The van der Waals surface area contributed by atoms with Crippen LogP contribution in [-0.4, -0.2) is 19.8 Å². The van der Waals surface area contributed by atoms with Gasteiger partial charge >= 0.3 is 0 Å². The van der Waals surface area contributed by atoms with Crippen LogP contribution in [0.1, 0.15) is 18.1 Å². The molecule has 0 aliphatic rings. The van der Waals surface area contributed by atoms with Crippen LogP contribution in [0.2, 0.25) is 0 Å². The molecular formula is C12H16N2O. The van der Waals surface area contributed by atoms with Crippen molar-refractivity contribution in [3.8, 4) is 6.07 Å². The van der Waals surface area contributed by atoms with E-state index in [1.807, 2.05) is 25.1 Å². The molecule has 1 aromatic rings. The van der Waals surface area contributed by atoms with Crippen molar-refractivity contribution in [1.29, 1.82) is 5.26 Å². The smallest absolute Gasteiger partial charge is 0.0991 e. The van der Waals surface area contributed by atoms with Crippen molar-refractivity contribution in [2.45, 2.75) is 19.9 Å². The summed E-state index contributed by atoms with van der Waals surface area (Å²) in [6.45, 7) is 4.71. The van der Waals surface area contributed by atoms with Crippen LogP contribution in [0.5, 0.6) is 0 Å². The minimum absolute atomic E-state index is 0.265. The van der Waals surface area contributed by atoms with E-state index in [-0.39, 0.29) is 6.04 Å². The molecule has 0 fully saturated rings. The van der Waals surface area contributed by atoms with Crippen molar-refractivity contribution >= 4 is 5.69 Å². The fourth-order valence-corrected chi connectivity index (χ4v) is 1.45. The number of hydrogen-bond donors (Lipinski definition) is 1. The molecule has 0 amide bonds. The molecule has 80 valence electrons. The van der Waals surface area contributed by atoms with E-state index >= 15 is 0 Å². The summed E-state index contributed by atoms with van der Waals surface area (Å²) in [4.78, 5) is 0. The normalized spacial score (nSPS) is 11.9. The summed E-state index contributed by atoms with van der Waals surface area (Å²) in [7, 11) is 1.68. The molecule has 1 rings (SSSR count). The van der Waals surface area contributed by atoms with E-state index < -0.39 is 0 Å². The predicted octanol–water partition coefficient (Wildman–Crippen LogP) is 2.31. The number of nitrogens with zero attached hydrogens (tertiary/aromatic N) is 1. The van der Waals surface area contributed by atoms with E-state index in [2.05, 4.69) is 18.3 Å². The highest BCUT2D eigenvalue weighted by Gasteiger charge is 2.04. The van der Waals surface area contributed by atoms with E-state index in [4.69, 9.17) is 10.00 Å². The lowest BCUT2D eigenvalue weighted by molar-refractivity contribution is 0.190. The van der Waals surface area contributed by atoms with Crippen LogP contribution < -0.4 is 5.32 Å². The monoisotopic (exact) mass is 204 g/mol. The second-order valence-electron chi connectivity index (χ2n) is 3.64. The lowest BCUT2D eigenvalue weighted by Crippen LogP contribution is -2.21. The van der Waals surface area contributed by atoms with Gasteiger partial charge in [0.15, 0.2) is 0 Å². The highest BCUT2D eigenvalue weighted by Crippen LogP contribution is 2.16. The first-order valence-electron chi connectivity index (χ1n) is 4.93. The average Bonchev–Trinajstić information content (AvgIpc) is 2.21. The number of benzene rings is 1. The van der Waals surface area contributed by atoms with Gasteiger partial charge in [0.05, 0.1) is 18.2 Å². The van der Waals surface area contributed by atoms with Gasteiger partial charge in [-0.05, 0) is 37.6 Å². The van der Waals surface area contributed by atoms with Gasteiger partial charge in [-0.15, -0.1) is 0 Å². The molecule has 3 nitrogen and oxygen atoms in total. The largest absolute Gasteiger partial charge is 0.383 e. The van der Waals surface area contributed by atoms with Gasteiger partial charge in [0, 0.05) is 18.8 Å². The average molecular weight is 204 g/mol. The third kappa shape index (κ3) is 3.26. The van der Waals surface area contributed by atoms with Gasteiger partial charge in [0.2, 0.25) is 0 Å². The van der Waals surface area contributed by atoms with E-state index in [0.29, 0.717) is 12.2 Å². The Kier molecular flexibility index (Phi) is 4.14. The van der Waals surface area contributed by atoms with Crippen molar-refractivity contribution in [1.82, 2.24) is 0 Å². The van der Waals surface area contributed by atoms with E-state index in [9.17, 15) is 0 Å². The van der Waals surface area contributed by atoms with E-state index in [1.54, 1.807) is 7.11 Å². The van der Waals surface area contributed by atoms with Gasteiger partial charge in [0.25, 0.3) is 0 Å². The Balaban J connectivity index is 2.74. The van der Waals surface area contributed by atoms with Crippen LogP contribution in [0.25, 0.3) is 0 Å². The van der Waals surface area contributed by atoms with Crippen LogP contribution in [0, 0.1) is 18.3 Å². The molecule has 0 bridgehead atoms. The molecule has 1 atom stereocenters. The second-order valence-corrected chi connectivity index (χ2v) is 3.64. The summed E-state index contributed by atoms with van der Waals surface area (Å²) in [5, 5.41) is 12.1. The minimum Gasteiger partial charge on any atom is -0.383 e. The molecule has 0 radical (unpaired) electrons. The Labute approximate surface area is 90.7 Å². The number of hydrogen-bond acceptors (Lipinski definition) is 3. The molecule has 1 N–H and O–H groups in total. The zero-order chi connectivity index (χ0) is 11.3. The van der Waals surface area contributed by atoms with Gasteiger partial charge in [-0.3, -0.25) is 0 Å². The molecular weight excluding hydrogens is 188 g/mol. The number of rotatable bonds is 4. The second kappa shape index (κ2) is 5.38. The molecule has 0 saturated carbocycles. The van der Waals surface area contributed by atoms with Gasteiger partial charge in [-0.1, -0.05) is 0 Å². The predicted molar refractivity (Wildman–Crippen MR) is 60.9 cm³/mol. The fourth-order valence-electron chi connectivity index (χ4n) is 1.45. The summed E-state index contributed by atoms with van der Waals surface area (Å²) < 4.78 is 5.05. The zero-order valence-corrected chi connectivity index (χ0v) is 9.37. The summed E-state index contributed by atoms with van der Waals surface area (Å²) in [5.41, 5.74) is 2.83. The molecule has 1 aromatic carbocycles. The van der Waals surface area contributed by atoms with Crippen molar-refractivity contribution in [2.24, 2.45) is 0 Å². The lowest BCUT2D eigenvalue weighted by Gasteiger charge is -2.16. The van der Waals surface area contributed by atoms with Gasteiger partial charge < -0.3 is 10.1 Å². The molecule has 0 heterocycles. The maximum Gasteiger partial charge on any atom is 0.0991 e. The maximum atomic E-state index is 8.73. The first-order chi connectivity index (χ1) is 7.17. The van der Waals surface area contributed by atoms with Crippen molar-refractivity contribution in [3.05, 3.63) is 29.3 Å². The number of nitrogens with one attached hydrogen (secondary N) is 1. The summed E-state index contributed by atoms with van der Waals surface area (Å²) in [6.07, 6.45) is 0. The van der Waals surface area contributed by atoms with Crippen LogP contribution in [0.15, 0.2) is 18.2 Å². The zero-order valence-electron chi connectivity index (χ0n) is 9.37. The number of ether oxygens (including phenoxy) is 1. The van der Waals surface area contributed by atoms with Gasteiger partial charge in [-0.25, -0.2) is 0 Å². The quantitative estimate of drug-likeness (QED) is 0.818. The summed E-state index contributed by atoms with van der Waals surface area (Å²) in [6, 6.07) is 8.01. The molecule has 15 heavy (non-hydrogen) atoms. The Morgan fingerprint density at radius 2 is 2.27 bits per heavy atom. The minimum atomic E-state index is 0.265. The summed E-state index contributed by atoms with van der Waals surface area (Å²) in [5.74, 6) is 0. The Hall–Kier alpha value is -1.53. The molecule has 0 saturated heterocycles. The molecule has 1 unspecified atom stereocenters. The van der Waals surface area contributed by atoms with Crippen LogP contribution in [0.3, 0.4) is 0 Å².